The van der Waals surface area contributed by atoms with Gasteiger partial charge in [-0.1, -0.05) is 33.6 Å². The Morgan fingerprint density at radius 2 is 1.98 bits per heavy atom. The smallest absolute Gasteiger partial charge is 0.338 e. The maximum absolute atomic E-state index is 14.0. The Labute approximate surface area is 261 Å². The van der Waals surface area contributed by atoms with Crippen molar-refractivity contribution in [2.45, 2.75) is 36.7 Å². The number of nitrogens with zero attached hydrogens (tertiary/aromatic N) is 3. The molecule has 1 unspecified atom stereocenters. The molecular weight excluding hydrogens is 669 g/mol. The van der Waals surface area contributed by atoms with Crippen LogP contribution in [0.15, 0.2) is 79.7 Å². The van der Waals surface area contributed by atoms with E-state index in [-0.39, 0.29) is 17.5 Å². The lowest BCUT2D eigenvalue weighted by Gasteiger charge is -2.35. The zero-order valence-electron chi connectivity index (χ0n) is 22.5. The number of halogens is 3. The van der Waals surface area contributed by atoms with Gasteiger partial charge in [-0.3, -0.25) is 9.89 Å². The van der Waals surface area contributed by atoms with Crippen molar-refractivity contribution in [2.24, 2.45) is 4.99 Å². The molecule has 3 aromatic rings. The van der Waals surface area contributed by atoms with E-state index in [0.717, 1.165) is 0 Å². The fourth-order valence-electron chi connectivity index (χ4n) is 4.90. The Kier molecular flexibility index (Phi) is 9.75. The monoisotopic (exact) mass is 695 g/mol. The molecule has 14 heteroatoms. The summed E-state index contributed by atoms with van der Waals surface area (Å²) >= 11 is 10.8. The van der Waals surface area contributed by atoms with Crippen molar-refractivity contribution < 1.29 is 22.3 Å². The van der Waals surface area contributed by atoms with Crippen molar-refractivity contribution in [3.63, 3.8) is 0 Å². The summed E-state index contributed by atoms with van der Waals surface area (Å²) in [5.74, 6) is -0.436. The van der Waals surface area contributed by atoms with Gasteiger partial charge in [0.15, 0.2) is 10.8 Å². The average molecular weight is 697 g/mol. The molecule has 0 saturated carbocycles. The van der Waals surface area contributed by atoms with Crippen molar-refractivity contribution in [1.29, 1.82) is 0 Å². The quantitative estimate of drug-likeness (QED) is 0.301. The molecule has 2 aliphatic rings. The van der Waals surface area contributed by atoms with E-state index in [1.165, 1.54) is 35.6 Å². The number of hydrogen-bond acceptors (Lipinski definition) is 9. The van der Waals surface area contributed by atoms with Crippen molar-refractivity contribution in [3.8, 4) is 0 Å². The van der Waals surface area contributed by atoms with E-state index in [1.807, 2.05) is 5.38 Å². The zero-order chi connectivity index (χ0) is 29.9. The van der Waals surface area contributed by atoms with Gasteiger partial charge in [-0.25, -0.2) is 27.3 Å². The van der Waals surface area contributed by atoms with Crippen molar-refractivity contribution in [2.75, 3.05) is 26.2 Å². The number of piperidine rings is 1. The van der Waals surface area contributed by atoms with Gasteiger partial charge in [0, 0.05) is 52.4 Å². The second-order valence-corrected chi connectivity index (χ2v) is 13.6. The maximum atomic E-state index is 14.0. The maximum Gasteiger partial charge on any atom is 0.338 e. The molecule has 9 nitrogen and oxygen atoms in total. The number of amidine groups is 1. The third-order valence-corrected chi connectivity index (χ3v) is 10.2. The number of nitrogens with one attached hydrogen (secondary N) is 2. The molecule has 42 heavy (non-hydrogen) atoms. The predicted octanol–water partition coefficient (Wildman–Crippen LogP) is 5.05. The normalized spacial score (nSPS) is 18.5. The largest absolute Gasteiger partial charge is 0.463 e. The number of carbonyl (C=O) groups excluding carboxylic acids is 1. The summed E-state index contributed by atoms with van der Waals surface area (Å²) in [7, 11) is -3.69. The first-order chi connectivity index (χ1) is 20.1. The van der Waals surface area contributed by atoms with Crippen LogP contribution in [0.5, 0.6) is 0 Å². The molecule has 5 rings (SSSR count). The van der Waals surface area contributed by atoms with Crippen molar-refractivity contribution in [3.05, 3.63) is 91.2 Å². The summed E-state index contributed by atoms with van der Waals surface area (Å²) in [6, 6.07) is 9.33. The van der Waals surface area contributed by atoms with Crippen LogP contribution in [0.25, 0.3) is 0 Å². The van der Waals surface area contributed by atoms with E-state index in [1.54, 1.807) is 31.3 Å². The van der Waals surface area contributed by atoms with Crippen LogP contribution in [-0.4, -0.2) is 62.4 Å². The van der Waals surface area contributed by atoms with Crippen LogP contribution in [0.2, 0.25) is 5.02 Å². The van der Waals surface area contributed by atoms with Gasteiger partial charge in [-0.15, -0.1) is 11.3 Å². The molecule has 2 N–H and O–H groups in total. The number of thiazole rings is 1. The Hall–Kier alpha value is -2.68. The highest BCUT2D eigenvalue weighted by Crippen LogP contribution is 2.37. The lowest BCUT2D eigenvalue weighted by molar-refractivity contribution is -0.139. The molecule has 0 bridgehead atoms. The Balaban J connectivity index is 1.39. The third kappa shape index (κ3) is 7.09. The van der Waals surface area contributed by atoms with Crippen molar-refractivity contribution >= 4 is 60.7 Å². The summed E-state index contributed by atoms with van der Waals surface area (Å²) in [6.07, 6.45) is 2.83. The number of esters is 1. The summed E-state index contributed by atoms with van der Waals surface area (Å²) in [5.41, 5.74) is 1.55. The van der Waals surface area contributed by atoms with Crippen LogP contribution in [0.1, 0.15) is 36.4 Å². The molecule has 0 amide bonds. The fourth-order valence-corrected chi connectivity index (χ4v) is 7.49. The molecule has 1 aromatic heterocycles. The first-order valence-corrected chi connectivity index (χ1v) is 16.8. The van der Waals surface area contributed by atoms with Gasteiger partial charge < -0.3 is 10.1 Å². The van der Waals surface area contributed by atoms with E-state index in [9.17, 15) is 17.6 Å². The van der Waals surface area contributed by atoms with Crippen LogP contribution in [0.3, 0.4) is 0 Å². The second-order valence-electron chi connectivity index (χ2n) is 9.75. The molecular formula is C28H28BrClFN5O4S2. The van der Waals surface area contributed by atoms with Crippen LogP contribution < -0.4 is 10.0 Å². The minimum atomic E-state index is -3.69. The summed E-state index contributed by atoms with van der Waals surface area (Å²) in [4.78, 5) is 24.9. The number of aromatic nitrogens is 1. The molecule has 1 atom stereocenters. The molecule has 1 fully saturated rings. The summed E-state index contributed by atoms with van der Waals surface area (Å²) in [5, 5.41) is 6.27. The number of ether oxygens (including phenoxy) is 1. The first kappa shape index (κ1) is 30.8. The average Bonchev–Trinajstić information content (AvgIpc) is 3.49. The van der Waals surface area contributed by atoms with Crippen LogP contribution >= 0.6 is 38.9 Å². The van der Waals surface area contributed by atoms with Gasteiger partial charge in [-0.2, -0.15) is 0 Å². The van der Waals surface area contributed by atoms with E-state index in [2.05, 4.69) is 35.9 Å². The molecule has 0 aliphatic carbocycles. The highest BCUT2D eigenvalue weighted by molar-refractivity contribution is 9.10. The summed E-state index contributed by atoms with van der Waals surface area (Å²) < 4.78 is 48.5. The molecule has 1 saturated heterocycles. The summed E-state index contributed by atoms with van der Waals surface area (Å²) in [6.45, 7) is 3.45. The highest BCUT2D eigenvalue weighted by Gasteiger charge is 2.35. The van der Waals surface area contributed by atoms with E-state index < -0.39 is 27.9 Å². The predicted molar refractivity (Wildman–Crippen MR) is 164 cm³/mol. The number of hydrogen-bond donors (Lipinski definition) is 2. The Bertz CT molecular complexity index is 1610. The first-order valence-electron chi connectivity index (χ1n) is 13.2. The number of benzene rings is 2. The Morgan fingerprint density at radius 3 is 2.62 bits per heavy atom. The van der Waals surface area contributed by atoms with Crippen LogP contribution in [0, 0.1) is 5.82 Å². The highest BCUT2D eigenvalue weighted by atomic mass is 79.9. The van der Waals surface area contributed by atoms with E-state index in [4.69, 9.17) is 21.3 Å². The van der Waals surface area contributed by atoms with Gasteiger partial charge in [0.25, 0.3) is 0 Å². The van der Waals surface area contributed by atoms with Crippen LogP contribution in [-0.2, 0) is 19.6 Å². The number of carbonyl (C=O) groups is 1. The SMILES string of the molecule is CCOC(=O)C1=C(CN2CCC(NS(=O)(=O)c3ccc(Cl)cc3)CC2)NC(c2nccs2)=NC1c1ccc(F)cc1Br. The molecule has 3 heterocycles. The van der Waals surface area contributed by atoms with E-state index >= 15 is 0 Å². The van der Waals surface area contributed by atoms with Gasteiger partial charge in [0.05, 0.1) is 17.1 Å². The second kappa shape index (κ2) is 13.3. The standard InChI is InChI=1S/C28H28BrClFN5O4S2/c1-2-40-28(37)24-23(16-36-12-9-19(10-13-36)35-42(38,39)20-6-3-17(30)4-7-20)33-26(27-32-11-14-41-27)34-25(24)21-8-5-18(31)15-22(21)29/h3-8,11,14-15,19,25,35H,2,9-10,12-13,16H2,1H3,(H,33,34). The van der Waals surface area contributed by atoms with Gasteiger partial charge >= 0.3 is 5.97 Å². The van der Waals surface area contributed by atoms with E-state index in [0.29, 0.717) is 69.6 Å². The number of likely N-dealkylation sites (tertiary alicyclic amines) is 1. The lowest BCUT2D eigenvalue weighted by Crippen LogP contribution is -2.47. The molecule has 222 valence electrons. The number of sulfonamides is 1. The molecule has 0 radical (unpaired) electrons. The zero-order valence-corrected chi connectivity index (χ0v) is 26.5. The number of rotatable bonds is 9. The topological polar surface area (TPSA) is 113 Å². The lowest BCUT2D eigenvalue weighted by atomic mass is 9.95. The minimum absolute atomic E-state index is 0.164. The molecule has 2 aromatic carbocycles. The fraction of sp³-hybridized carbons (Fsp3) is 0.321. The van der Waals surface area contributed by atoms with Gasteiger partial charge in [-0.05, 0) is 61.7 Å². The minimum Gasteiger partial charge on any atom is -0.463 e. The van der Waals surface area contributed by atoms with Gasteiger partial charge in [0.1, 0.15) is 11.9 Å². The van der Waals surface area contributed by atoms with Crippen molar-refractivity contribution in [1.82, 2.24) is 19.9 Å². The Morgan fingerprint density at radius 1 is 1.24 bits per heavy atom. The molecule has 0 spiro atoms. The molecule has 2 aliphatic heterocycles. The third-order valence-electron chi connectivity index (χ3n) is 6.93. The van der Waals surface area contributed by atoms with Gasteiger partial charge in [0.2, 0.25) is 10.0 Å². The van der Waals surface area contributed by atoms with Crippen LogP contribution in [0.4, 0.5) is 4.39 Å². The number of aliphatic imine (C=N–C) groups is 1.